The lowest BCUT2D eigenvalue weighted by molar-refractivity contribution is -0.113. The smallest absolute Gasteiger partial charge is 0.235 e. The highest BCUT2D eigenvalue weighted by molar-refractivity contribution is 7.99. The molecular weight excluding hydrogens is 514 g/mol. The number of amides is 1. The minimum atomic E-state index is -0.419. The number of nitrogens with one attached hydrogen (secondary N) is 1. The summed E-state index contributed by atoms with van der Waals surface area (Å²) in [5.74, 6) is 1.74. The number of allylic oxidation sites excluding steroid dienone is 1. The van der Waals surface area contributed by atoms with Crippen LogP contribution < -0.4 is 10.1 Å². The molecule has 2 unspecified atom stereocenters. The molecule has 1 N–H and O–H groups in total. The maximum absolute atomic E-state index is 12.8. The number of nitriles is 1. The van der Waals surface area contributed by atoms with Gasteiger partial charge in [0.15, 0.2) is 17.1 Å². The molecule has 7 nitrogen and oxygen atoms in total. The van der Waals surface area contributed by atoms with Crippen LogP contribution in [0.2, 0.25) is 5.02 Å². The molecule has 1 amide bonds. The third-order valence-corrected chi connectivity index (χ3v) is 8.47. The summed E-state index contributed by atoms with van der Waals surface area (Å²) in [6.07, 6.45) is 4.25. The Hall–Kier alpha value is -2.80. The fourth-order valence-corrected chi connectivity index (χ4v) is 6.50. The number of aromatic nitrogens is 3. The normalized spacial score (nSPS) is 15.6. The summed E-state index contributed by atoms with van der Waals surface area (Å²) >= 11 is 9.10. The number of benzene rings is 1. The minimum absolute atomic E-state index is 0.137. The van der Waals surface area contributed by atoms with Gasteiger partial charge in [0, 0.05) is 11.4 Å². The predicted molar refractivity (Wildman–Crippen MR) is 145 cm³/mol. The number of hydrogen-bond donors (Lipinski definition) is 1. The van der Waals surface area contributed by atoms with E-state index in [2.05, 4.69) is 35.1 Å². The van der Waals surface area contributed by atoms with Crippen molar-refractivity contribution in [2.45, 2.75) is 57.8 Å². The molecule has 36 heavy (non-hydrogen) atoms. The van der Waals surface area contributed by atoms with Crippen molar-refractivity contribution in [3.05, 3.63) is 63.3 Å². The fraction of sp³-hybridized carbons (Fsp3) is 0.385. The maximum Gasteiger partial charge on any atom is 0.235 e. The van der Waals surface area contributed by atoms with Gasteiger partial charge in [0.2, 0.25) is 5.91 Å². The number of thioether (sulfide) groups is 1. The van der Waals surface area contributed by atoms with Gasteiger partial charge in [-0.05, 0) is 62.3 Å². The average Bonchev–Trinajstić information content (AvgIpc) is 3.40. The average molecular weight is 542 g/mol. The summed E-state index contributed by atoms with van der Waals surface area (Å²) in [7, 11) is 0. The summed E-state index contributed by atoms with van der Waals surface area (Å²) in [6, 6.07) is 7.90. The Balaban J connectivity index is 1.45. The molecule has 2 atom stereocenters. The molecule has 2 heterocycles. The number of aryl methyl sites for hydroxylation is 1. The van der Waals surface area contributed by atoms with E-state index in [0.717, 1.165) is 30.4 Å². The number of ether oxygens (including phenoxy) is 1. The van der Waals surface area contributed by atoms with E-state index in [9.17, 15) is 10.1 Å². The molecular formula is C26H28ClN5O2S2. The SMILES string of the molecule is C=CCn1c(SCC(=O)Nc2sc3c(c2C#N)CCC(C)C3)nnc1C(C)Oc1cc(C)ccc1Cl. The highest BCUT2D eigenvalue weighted by Crippen LogP contribution is 2.39. The second kappa shape index (κ2) is 11.5. The van der Waals surface area contributed by atoms with E-state index < -0.39 is 6.10 Å². The fourth-order valence-electron chi connectivity index (χ4n) is 4.20. The van der Waals surface area contributed by atoms with Gasteiger partial charge in [-0.3, -0.25) is 9.36 Å². The Morgan fingerprint density at radius 2 is 2.31 bits per heavy atom. The monoisotopic (exact) mass is 541 g/mol. The van der Waals surface area contributed by atoms with Crippen LogP contribution in [0.15, 0.2) is 36.0 Å². The number of thiophene rings is 1. The molecule has 0 spiro atoms. The van der Waals surface area contributed by atoms with Crippen molar-refractivity contribution in [3.8, 4) is 11.8 Å². The first-order valence-corrected chi connectivity index (χ1v) is 13.9. The third kappa shape index (κ3) is 5.77. The Bertz CT molecular complexity index is 1330. The molecule has 1 aliphatic rings. The lowest BCUT2D eigenvalue weighted by atomic mass is 9.89. The van der Waals surface area contributed by atoms with Gasteiger partial charge in [-0.1, -0.05) is 42.4 Å². The maximum atomic E-state index is 12.8. The summed E-state index contributed by atoms with van der Waals surface area (Å²) in [5.41, 5.74) is 2.75. The molecule has 0 bridgehead atoms. The highest BCUT2D eigenvalue weighted by Gasteiger charge is 2.25. The van der Waals surface area contributed by atoms with Crippen LogP contribution >= 0.6 is 34.7 Å². The first-order valence-electron chi connectivity index (χ1n) is 11.7. The van der Waals surface area contributed by atoms with E-state index >= 15 is 0 Å². The van der Waals surface area contributed by atoms with Crippen molar-refractivity contribution in [3.63, 3.8) is 0 Å². The van der Waals surface area contributed by atoms with E-state index in [1.807, 2.05) is 30.5 Å². The van der Waals surface area contributed by atoms with Gasteiger partial charge in [0.1, 0.15) is 16.8 Å². The number of hydrogen-bond acceptors (Lipinski definition) is 7. The van der Waals surface area contributed by atoms with Gasteiger partial charge in [0.25, 0.3) is 0 Å². The Morgan fingerprint density at radius 1 is 1.50 bits per heavy atom. The zero-order chi connectivity index (χ0) is 25.8. The lowest BCUT2D eigenvalue weighted by Crippen LogP contribution is -2.15. The van der Waals surface area contributed by atoms with Crippen molar-refractivity contribution in [1.82, 2.24) is 14.8 Å². The molecule has 0 fully saturated rings. The number of carbonyl (C=O) groups excluding carboxylic acids is 1. The predicted octanol–water partition coefficient (Wildman–Crippen LogP) is 6.35. The zero-order valence-electron chi connectivity index (χ0n) is 20.5. The van der Waals surface area contributed by atoms with Gasteiger partial charge in [-0.25, -0.2) is 0 Å². The van der Waals surface area contributed by atoms with E-state index in [0.29, 0.717) is 44.8 Å². The van der Waals surface area contributed by atoms with Crippen LogP contribution in [0.5, 0.6) is 5.75 Å². The van der Waals surface area contributed by atoms with Gasteiger partial charge < -0.3 is 10.1 Å². The van der Waals surface area contributed by atoms with Crippen LogP contribution in [0, 0.1) is 24.2 Å². The number of halogens is 1. The van der Waals surface area contributed by atoms with E-state index in [4.69, 9.17) is 16.3 Å². The molecule has 2 aromatic heterocycles. The van der Waals surface area contributed by atoms with Crippen molar-refractivity contribution >= 4 is 45.6 Å². The Labute approximate surface area is 224 Å². The van der Waals surface area contributed by atoms with Crippen molar-refractivity contribution in [1.29, 1.82) is 5.26 Å². The topological polar surface area (TPSA) is 92.8 Å². The third-order valence-electron chi connectivity index (χ3n) is 6.02. The quantitative estimate of drug-likeness (QED) is 0.250. The van der Waals surface area contributed by atoms with Gasteiger partial charge in [-0.15, -0.1) is 28.1 Å². The molecule has 3 aromatic rings. The zero-order valence-corrected chi connectivity index (χ0v) is 22.9. The van der Waals surface area contributed by atoms with E-state index in [-0.39, 0.29) is 11.7 Å². The largest absolute Gasteiger partial charge is 0.481 e. The van der Waals surface area contributed by atoms with Crippen molar-refractivity contribution in [2.75, 3.05) is 11.1 Å². The number of rotatable bonds is 9. The Kier molecular flexibility index (Phi) is 8.39. The molecule has 0 saturated heterocycles. The number of nitrogens with zero attached hydrogens (tertiary/aromatic N) is 4. The number of fused-ring (bicyclic) bond motifs is 1. The van der Waals surface area contributed by atoms with Crippen LogP contribution in [0.25, 0.3) is 0 Å². The molecule has 1 aromatic carbocycles. The second-order valence-electron chi connectivity index (χ2n) is 8.94. The summed E-state index contributed by atoms with van der Waals surface area (Å²) < 4.78 is 7.96. The Morgan fingerprint density at radius 3 is 3.06 bits per heavy atom. The van der Waals surface area contributed by atoms with Crippen molar-refractivity contribution < 1.29 is 9.53 Å². The molecule has 10 heteroatoms. The van der Waals surface area contributed by atoms with Crippen LogP contribution in [-0.4, -0.2) is 26.4 Å². The first-order chi connectivity index (χ1) is 17.3. The van der Waals surface area contributed by atoms with Crippen LogP contribution in [0.3, 0.4) is 0 Å². The molecule has 0 saturated carbocycles. The van der Waals surface area contributed by atoms with Gasteiger partial charge >= 0.3 is 0 Å². The molecule has 188 valence electrons. The van der Waals surface area contributed by atoms with Crippen LogP contribution in [0.1, 0.15) is 53.8 Å². The summed E-state index contributed by atoms with van der Waals surface area (Å²) in [5, 5.41) is 23.0. The molecule has 0 aliphatic heterocycles. The van der Waals surface area contributed by atoms with Crippen LogP contribution in [-0.2, 0) is 24.2 Å². The van der Waals surface area contributed by atoms with E-state index in [1.165, 1.54) is 28.0 Å². The summed E-state index contributed by atoms with van der Waals surface area (Å²) in [4.78, 5) is 14.0. The van der Waals surface area contributed by atoms with E-state index in [1.54, 1.807) is 12.1 Å². The number of anilines is 1. The van der Waals surface area contributed by atoms with Crippen LogP contribution in [0.4, 0.5) is 5.00 Å². The number of carbonyl (C=O) groups is 1. The second-order valence-corrected chi connectivity index (χ2v) is 11.4. The standard InChI is InChI=1S/C26H28ClN5O2S2/c1-5-10-32-24(17(4)34-21-11-15(2)7-9-20(21)27)30-31-26(32)35-14-23(33)29-25-19(13-28)18-8-6-16(3)12-22(18)36-25/h5,7,9,11,16-17H,1,6,8,10,12,14H2,2-4H3,(H,29,33). The molecule has 1 aliphatic carbocycles. The van der Waals surface area contributed by atoms with Gasteiger partial charge in [-0.2, -0.15) is 5.26 Å². The highest BCUT2D eigenvalue weighted by atomic mass is 35.5. The minimum Gasteiger partial charge on any atom is -0.481 e. The summed E-state index contributed by atoms with van der Waals surface area (Å²) in [6.45, 7) is 10.4. The lowest BCUT2D eigenvalue weighted by Gasteiger charge is -2.17. The van der Waals surface area contributed by atoms with Gasteiger partial charge in [0.05, 0.1) is 16.3 Å². The molecule has 4 rings (SSSR count). The first kappa shape index (κ1) is 26.3. The molecule has 0 radical (unpaired) electrons. The van der Waals surface area contributed by atoms with Crippen molar-refractivity contribution in [2.24, 2.45) is 5.92 Å².